The van der Waals surface area contributed by atoms with Crippen LogP contribution in [-0.2, 0) is 12.8 Å². The smallest absolute Gasteiger partial charge is 0.122 e. The molecule has 0 aliphatic carbocycles. The molecule has 0 fully saturated rings. The van der Waals surface area contributed by atoms with Crippen LogP contribution in [0.25, 0.3) is 0 Å². The molecule has 0 saturated heterocycles. The molecule has 2 heteroatoms. The van der Waals surface area contributed by atoms with E-state index in [0.29, 0.717) is 17.2 Å². The van der Waals surface area contributed by atoms with E-state index >= 15 is 0 Å². The Morgan fingerprint density at radius 1 is 1.43 bits per heavy atom. The molecule has 0 atom stereocenters. The Bertz CT molecular complexity index is 356. The highest BCUT2D eigenvalue weighted by Crippen LogP contribution is 2.29. The number of benzene rings is 1. The predicted molar refractivity (Wildman–Crippen MR) is 61.0 cm³/mol. The molecule has 0 aliphatic rings. The highest BCUT2D eigenvalue weighted by Gasteiger charge is 2.07. The lowest BCUT2D eigenvalue weighted by atomic mass is 10.0. The second-order valence-corrected chi connectivity index (χ2v) is 4.00. The van der Waals surface area contributed by atoms with Crippen LogP contribution in [0.4, 0.5) is 0 Å². The number of allylic oxidation sites excluding steroid dienone is 1. The van der Waals surface area contributed by atoms with E-state index in [1.807, 2.05) is 13.8 Å². The van der Waals surface area contributed by atoms with Gasteiger partial charge in [0.1, 0.15) is 5.75 Å². The van der Waals surface area contributed by atoms with E-state index in [9.17, 15) is 5.11 Å². The summed E-state index contributed by atoms with van der Waals surface area (Å²) in [6.45, 7) is 7.75. The average Bonchev–Trinajstić information content (AvgIpc) is 2.09. The van der Waals surface area contributed by atoms with E-state index in [0.717, 1.165) is 23.1 Å². The minimum atomic E-state index is 0.361. The summed E-state index contributed by atoms with van der Waals surface area (Å²) < 4.78 is 0. The fourth-order valence-electron chi connectivity index (χ4n) is 1.45. The molecule has 0 spiro atoms. The van der Waals surface area contributed by atoms with Crippen molar-refractivity contribution in [3.8, 4) is 5.75 Å². The van der Waals surface area contributed by atoms with E-state index in [1.165, 1.54) is 0 Å². The molecule has 76 valence electrons. The Morgan fingerprint density at radius 2 is 2.00 bits per heavy atom. The molecule has 0 radical (unpaired) electrons. The number of aryl methyl sites for hydroxylation is 1. The van der Waals surface area contributed by atoms with E-state index in [-0.39, 0.29) is 0 Å². The third-order valence-corrected chi connectivity index (χ3v) is 2.32. The normalized spacial score (nSPS) is 10.2. The van der Waals surface area contributed by atoms with Crippen molar-refractivity contribution in [2.24, 2.45) is 0 Å². The van der Waals surface area contributed by atoms with Gasteiger partial charge in [-0.05, 0) is 43.0 Å². The standard InChI is InChI=1S/C12H15ClO/c1-4-9-6-11(13)7-10(12(9)14)5-8(2)3/h6-7,14H,2,4-5H2,1,3H3. The lowest BCUT2D eigenvalue weighted by Gasteiger charge is -2.09. The molecule has 14 heavy (non-hydrogen) atoms. The fourth-order valence-corrected chi connectivity index (χ4v) is 1.71. The van der Waals surface area contributed by atoms with Gasteiger partial charge in [0.2, 0.25) is 0 Å². The summed E-state index contributed by atoms with van der Waals surface area (Å²) in [6.07, 6.45) is 1.47. The Morgan fingerprint density at radius 3 is 2.50 bits per heavy atom. The van der Waals surface area contributed by atoms with Crippen LogP contribution in [-0.4, -0.2) is 5.11 Å². The molecule has 1 rings (SSSR count). The highest BCUT2D eigenvalue weighted by molar-refractivity contribution is 6.30. The van der Waals surface area contributed by atoms with Gasteiger partial charge in [0.05, 0.1) is 0 Å². The quantitative estimate of drug-likeness (QED) is 0.754. The van der Waals surface area contributed by atoms with Crippen molar-refractivity contribution in [2.75, 3.05) is 0 Å². The summed E-state index contributed by atoms with van der Waals surface area (Å²) in [5.74, 6) is 0.361. The molecule has 1 aromatic carbocycles. The summed E-state index contributed by atoms with van der Waals surface area (Å²) >= 11 is 5.94. The second kappa shape index (κ2) is 4.52. The van der Waals surface area contributed by atoms with E-state index < -0.39 is 0 Å². The van der Waals surface area contributed by atoms with Gasteiger partial charge < -0.3 is 5.11 Å². The lowest BCUT2D eigenvalue weighted by molar-refractivity contribution is 0.463. The SMILES string of the molecule is C=C(C)Cc1cc(Cl)cc(CC)c1O. The Balaban J connectivity index is 3.15. The van der Waals surface area contributed by atoms with E-state index in [2.05, 4.69) is 6.58 Å². The topological polar surface area (TPSA) is 20.2 Å². The van der Waals surface area contributed by atoms with Crippen LogP contribution in [0.2, 0.25) is 5.02 Å². The minimum absolute atomic E-state index is 0.361. The third kappa shape index (κ3) is 2.52. The Kier molecular flexibility index (Phi) is 3.59. The van der Waals surface area contributed by atoms with Crippen molar-refractivity contribution in [1.29, 1.82) is 0 Å². The Labute approximate surface area is 90.0 Å². The number of hydrogen-bond donors (Lipinski definition) is 1. The molecule has 0 bridgehead atoms. The lowest BCUT2D eigenvalue weighted by Crippen LogP contribution is -1.91. The van der Waals surface area contributed by atoms with Gasteiger partial charge in [0.25, 0.3) is 0 Å². The minimum Gasteiger partial charge on any atom is -0.507 e. The van der Waals surface area contributed by atoms with Gasteiger partial charge in [-0.1, -0.05) is 30.7 Å². The maximum atomic E-state index is 9.86. The molecule has 1 aromatic rings. The van der Waals surface area contributed by atoms with Gasteiger partial charge in [-0.25, -0.2) is 0 Å². The van der Waals surface area contributed by atoms with Crippen LogP contribution >= 0.6 is 11.6 Å². The molecule has 0 amide bonds. The van der Waals surface area contributed by atoms with Crippen LogP contribution < -0.4 is 0 Å². The third-order valence-electron chi connectivity index (χ3n) is 2.11. The van der Waals surface area contributed by atoms with Crippen LogP contribution in [0.15, 0.2) is 24.3 Å². The van der Waals surface area contributed by atoms with Gasteiger partial charge in [-0.2, -0.15) is 0 Å². The number of rotatable bonds is 3. The summed E-state index contributed by atoms with van der Waals surface area (Å²) in [4.78, 5) is 0. The first-order valence-electron chi connectivity index (χ1n) is 4.69. The molecule has 0 saturated carbocycles. The second-order valence-electron chi connectivity index (χ2n) is 3.56. The van der Waals surface area contributed by atoms with Crippen molar-refractivity contribution < 1.29 is 5.11 Å². The van der Waals surface area contributed by atoms with Gasteiger partial charge in [-0.15, -0.1) is 0 Å². The van der Waals surface area contributed by atoms with Crippen molar-refractivity contribution in [3.63, 3.8) is 0 Å². The zero-order chi connectivity index (χ0) is 10.7. The molecule has 0 heterocycles. The molecule has 0 aliphatic heterocycles. The van der Waals surface area contributed by atoms with Crippen molar-refractivity contribution in [1.82, 2.24) is 0 Å². The van der Waals surface area contributed by atoms with Crippen LogP contribution in [0.3, 0.4) is 0 Å². The largest absolute Gasteiger partial charge is 0.507 e. The Hall–Kier alpha value is -0.950. The fraction of sp³-hybridized carbons (Fsp3) is 0.333. The van der Waals surface area contributed by atoms with Gasteiger partial charge in [0, 0.05) is 5.02 Å². The van der Waals surface area contributed by atoms with Crippen LogP contribution in [0, 0.1) is 0 Å². The molecule has 0 aromatic heterocycles. The maximum Gasteiger partial charge on any atom is 0.122 e. The first-order valence-corrected chi connectivity index (χ1v) is 5.07. The number of halogens is 1. The van der Waals surface area contributed by atoms with E-state index in [1.54, 1.807) is 12.1 Å². The summed E-state index contributed by atoms with van der Waals surface area (Å²) in [5, 5.41) is 10.5. The monoisotopic (exact) mass is 210 g/mol. The molecular formula is C12H15ClO. The molecule has 0 unspecified atom stereocenters. The first-order chi connectivity index (χ1) is 6.54. The first kappa shape index (κ1) is 11.1. The maximum absolute atomic E-state index is 9.86. The number of phenolic OH excluding ortho intramolecular Hbond substituents is 1. The number of aromatic hydroxyl groups is 1. The zero-order valence-electron chi connectivity index (χ0n) is 8.60. The molecule has 1 nitrogen and oxygen atoms in total. The summed E-state index contributed by atoms with van der Waals surface area (Å²) in [6, 6.07) is 3.60. The highest BCUT2D eigenvalue weighted by atomic mass is 35.5. The predicted octanol–water partition coefficient (Wildman–Crippen LogP) is 3.73. The van der Waals surface area contributed by atoms with Gasteiger partial charge in [0.15, 0.2) is 0 Å². The number of phenols is 1. The van der Waals surface area contributed by atoms with E-state index in [4.69, 9.17) is 11.6 Å². The molecular weight excluding hydrogens is 196 g/mol. The summed E-state index contributed by atoms with van der Waals surface area (Å²) in [7, 11) is 0. The van der Waals surface area contributed by atoms with Gasteiger partial charge >= 0.3 is 0 Å². The van der Waals surface area contributed by atoms with Crippen LogP contribution in [0.1, 0.15) is 25.0 Å². The van der Waals surface area contributed by atoms with Crippen molar-refractivity contribution in [3.05, 3.63) is 40.4 Å². The van der Waals surface area contributed by atoms with Crippen molar-refractivity contribution in [2.45, 2.75) is 26.7 Å². The molecule has 1 N–H and O–H groups in total. The zero-order valence-corrected chi connectivity index (χ0v) is 9.36. The average molecular weight is 211 g/mol. The van der Waals surface area contributed by atoms with Crippen molar-refractivity contribution >= 4 is 11.6 Å². The van der Waals surface area contributed by atoms with Crippen LogP contribution in [0.5, 0.6) is 5.75 Å². The summed E-state index contributed by atoms with van der Waals surface area (Å²) in [5.41, 5.74) is 2.78. The number of hydrogen-bond acceptors (Lipinski definition) is 1. The van der Waals surface area contributed by atoms with Gasteiger partial charge in [-0.3, -0.25) is 0 Å².